The third kappa shape index (κ3) is 6.07. The average Bonchev–Trinajstić information content (AvgIpc) is 3.21. The Morgan fingerprint density at radius 2 is 1.70 bits per heavy atom. The summed E-state index contributed by atoms with van der Waals surface area (Å²) in [5, 5.41) is 20.0. The zero-order chi connectivity index (χ0) is 24.0. The highest BCUT2D eigenvalue weighted by molar-refractivity contribution is 5.77. The molecular formula is C26H34N4O3. The summed E-state index contributed by atoms with van der Waals surface area (Å²) in [5.41, 5.74) is 8.09. The van der Waals surface area contributed by atoms with Crippen LogP contribution in [0.5, 0.6) is 0 Å². The van der Waals surface area contributed by atoms with Gasteiger partial charge in [0.25, 0.3) is 0 Å². The standard InChI is InChI=1S/C26H34N4O3/c1-26(2,3)24(30(23(33)18-31)16-21(32)14-27)25-28-22(20-12-8-5-9-13-20)17-29(25)15-19-10-6-4-7-11-19/h4-13,17,21,24,31-32H,14-16,18,27H2,1-3H3/t21-,24+/m1/s1. The monoisotopic (exact) mass is 450 g/mol. The maximum absolute atomic E-state index is 12.9. The molecule has 1 aromatic heterocycles. The van der Waals surface area contributed by atoms with Gasteiger partial charge in [-0.2, -0.15) is 0 Å². The molecule has 0 saturated heterocycles. The van der Waals surface area contributed by atoms with E-state index in [0.717, 1.165) is 16.8 Å². The Bertz CT molecular complexity index is 1030. The molecule has 7 nitrogen and oxygen atoms in total. The number of aliphatic hydroxyl groups is 2. The van der Waals surface area contributed by atoms with Gasteiger partial charge in [-0.25, -0.2) is 4.98 Å². The first-order chi connectivity index (χ1) is 15.7. The summed E-state index contributed by atoms with van der Waals surface area (Å²) in [6.07, 6.45) is 1.09. The Morgan fingerprint density at radius 1 is 1.09 bits per heavy atom. The number of rotatable bonds is 9. The molecule has 2 atom stereocenters. The molecule has 0 aliphatic rings. The first kappa shape index (κ1) is 24.6. The van der Waals surface area contributed by atoms with Crippen molar-refractivity contribution in [2.75, 3.05) is 19.7 Å². The minimum Gasteiger partial charge on any atom is -0.390 e. The topological polar surface area (TPSA) is 105 Å². The molecule has 0 radical (unpaired) electrons. The van der Waals surface area contributed by atoms with E-state index in [9.17, 15) is 15.0 Å². The lowest BCUT2D eigenvalue weighted by Crippen LogP contribution is -2.48. The van der Waals surface area contributed by atoms with Crippen LogP contribution >= 0.6 is 0 Å². The number of carbonyl (C=O) groups excluding carboxylic acids is 1. The fourth-order valence-corrected chi connectivity index (χ4v) is 4.04. The van der Waals surface area contributed by atoms with E-state index in [0.29, 0.717) is 12.4 Å². The summed E-state index contributed by atoms with van der Waals surface area (Å²) in [6.45, 7) is 6.00. The Balaban J connectivity index is 2.16. The maximum Gasteiger partial charge on any atom is 0.249 e. The van der Waals surface area contributed by atoms with E-state index >= 15 is 0 Å². The van der Waals surface area contributed by atoms with Crippen LogP contribution in [0.1, 0.15) is 38.2 Å². The number of imidazole rings is 1. The van der Waals surface area contributed by atoms with Crippen LogP contribution in [0.2, 0.25) is 0 Å². The Morgan fingerprint density at radius 3 is 2.24 bits per heavy atom. The molecule has 0 fully saturated rings. The second-order valence-corrected chi connectivity index (χ2v) is 9.33. The molecule has 0 bridgehead atoms. The number of aliphatic hydroxyl groups excluding tert-OH is 2. The second-order valence-electron chi connectivity index (χ2n) is 9.33. The largest absolute Gasteiger partial charge is 0.390 e. The van der Waals surface area contributed by atoms with Crippen molar-refractivity contribution in [1.29, 1.82) is 0 Å². The highest BCUT2D eigenvalue weighted by Crippen LogP contribution is 2.39. The van der Waals surface area contributed by atoms with Crippen LogP contribution in [0.25, 0.3) is 11.3 Å². The van der Waals surface area contributed by atoms with E-state index < -0.39 is 30.1 Å². The minimum absolute atomic E-state index is 0.0106. The van der Waals surface area contributed by atoms with Gasteiger partial charge in [-0.3, -0.25) is 4.79 Å². The average molecular weight is 451 g/mol. The number of amides is 1. The summed E-state index contributed by atoms with van der Waals surface area (Å²) in [7, 11) is 0. The van der Waals surface area contributed by atoms with E-state index in [1.54, 1.807) is 0 Å². The molecule has 2 aromatic carbocycles. The van der Waals surface area contributed by atoms with Crippen molar-refractivity contribution >= 4 is 5.91 Å². The first-order valence-electron chi connectivity index (χ1n) is 11.2. The SMILES string of the molecule is CC(C)(C)[C@H](c1nc(-c2ccccc2)cn1Cc1ccccc1)N(C[C@H](O)CN)C(=O)CO. The van der Waals surface area contributed by atoms with Crippen molar-refractivity contribution in [2.45, 2.75) is 39.5 Å². The van der Waals surface area contributed by atoms with Gasteiger partial charge in [0.1, 0.15) is 12.4 Å². The summed E-state index contributed by atoms with van der Waals surface area (Å²) in [5.74, 6) is 0.217. The van der Waals surface area contributed by atoms with Gasteiger partial charge in [-0.15, -0.1) is 0 Å². The Hall–Kier alpha value is -3.00. The number of carbonyl (C=O) groups is 1. The number of benzene rings is 2. The summed E-state index contributed by atoms with van der Waals surface area (Å²) in [6, 6.07) is 19.4. The molecule has 176 valence electrons. The quantitative estimate of drug-likeness (QED) is 0.465. The smallest absolute Gasteiger partial charge is 0.249 e. The predicted molar refractivity (Wildman–Crippen MR) is 129 cm³/mol. The lowest BCUT2D eigenvalue weighted by Gasteiger charge is -2.40. The fraction of sp³-hybridized carbons (Fsp3) is 0.385. The molecule has 7 heteroatoms. The Kier molecular flexibility index (Phi) is 8.02. The van der Waals surface area contributed by atoms with Gasteiger partial charge < -0.3 is 25.4 Å². The van der Waals surface area contributed by atoms with Gasteiger partial charge in [0, 0.05) is 31.4 Å². The summed E-state index contributed by atoms with van der Waals surface area (Å²) >= 11 is 0. The molecular weight excluding hydrogens is 416 g/mol. The van der Waals surface area contributed by atoms with Crippen LogP contribution in [0.15, 0.2) is 66.9 Å². The van der Waals surface area contributed by atoms with Gasteiger partial charge in [0.2, 0.25) is 5.91 Å². The lowest BCUT2D eigenvalue weighted by molar-refractivity contribution is -0.141. The van der Waals surface area contributed by atoms with Crippen molar-refractivity contribution in [3.8, 4) is 11.3 Å². The van der Waals surface area contributed by atoms with Crippen LogP contribution in [0.4, 0.5) is 0 Å². The number of aromatic nitrogens is 2. The summed E-state index contributed by atoms with van der Waals surface area (Å²) in [4.78, 5) is 19.4. The van der Waals surface area contributed by atoms with Crippen LogP contribution in [-0.2, 0) is 11.3 Å². The lowest BCUT2D eigenvalue weighted by atomic mass is 9.84. The van der Waals surface area contributed by atoms with Crippen molar-refractivity contribution in [3.05, 3.63) is 78.2 Å². The van der Waals surface area contributed by atoms with Crippen LogP contribution in [0.3, 0.4) is 0 Å². The molecule has 3 rings (SSSR count). The number of nitrogens with two attached hydrogens (primary N) is 1. The van der Waals surface area contributed by atoms with Crippen molar-refractivity contribution in [1.82, 2.24) is 14.5 Å². The third-order valence-electron chi connectivity index (χ3n) is 5.58. The van der Waals surface area contributed by atoms with Gasteiger partial charge >= 0.3 is 0 Å². The molecule has 0 aliphatic carbocycles. The Labute approximate surface area is 195 Å². The molecule has 0 spiro atoms. The predicted octanol–water partition coefficient (Wildman–Crippen LogP) is 2.83. The number of hydrogen-bond acceptors (Lipinski definition) is 5. The van der Waals surface area contributed by atoms with E-state index in [-0.39, 0.29) is 13.1 Å². The first-order valence-corrected chi connectivity index (χ1v) is 11.2. The van der Waals surface area contributed by atoms with Crippen molar-refractivity contribution in [3.63, 3.8) is 0 Å². The van der Waals surface area contributed by atoms with Gasteiger partial charge in [-0.05, 0) is 11.0 Å². The second kappa shape index (κ2) is 10.7. The molecule has 1 amide bonds. The van der Waals surface area contributed by atoms with Crippen LogP contribution < -0.4 is 5.73 Å². The van der Waals surface area contributed by atoms with Crippen molar-refractivity contribution < 1.29 is 15.0 Å². The molecule has 1 heterocycles. The molecule has 4 N–H and O–H groups in total. The van der Waals surface area contributed by atoms with E-state index in [4.69, 9.17) is 10.7 Å². The van der Waals surface area contributed by atoms with Crippen LogP contribution in [-0.4, -0.2) is 56.4 Å². The molecule has 3 aromatic rings. The molecule has 33 heavy (non-hydrogen) atoms. The van der Waals surface area contributed by atoms with Gasteiger partial charge in [-0.1, -0.05) is 81.4 Å². The molecule has 0 unspecified atom stereocenters. The van der Waals surface area contributed by atoms with Crippen LogP contribution in [0, 0.1) is 5.41 Å². The minimum atomic E-state index is -0.906. The zero-order valence-corrected chi connectivity index (χ0v) is 19.6. The van der Waals surface area contributed by atoms with E-state index in [2.05, 4.69) is 4.57 Å². The van der Waals surface area contributed by atoms with E-state index in [1.165, 1.54) is 4.90 Å². The normalized spacial score (nSPS) is 13.5. The van der Waals surface area contributed by atoms with Gasteiger partial charge in [0.15, 0.2) is 0 Å². The molecule has 0 aliphatic heterocycles. The highest BCUT2D eigenvalue weighted by atomic mass is 16.3. The zero-order valence-electron chi connectivity index (χ0n) is 19.6. The number of nitrogens with zero attached hydrogens (tertiary/aromatic N) is 3. The third-order valence-corrected chi connectivity index (χ3v) is 5.58. The number of hydrogen-bond donors (Lipinski definition) is 3. The van der Waals surface area contributed by atoms with Gasteiger partial charge in [0.05, 0.1) is 17.8 Å². The maximum atomic E-state index is 12.9. The highest BCUT2D eigenvalue weighted by Gasteiger charge is 2.38. The molecule has 0 saturated carbocycles. The van der Waals surface area contributed by atoms with E-state index in [1.807, 2.05) is 87.6 Å². The van der Waals surface area contributed by atoms with Crippen molar-refractivity contribution in [2.24, 2.45) is 11.1 Å². The fourth-order valence-electron chi connectivity index (χ4n) is 4.04. The summed E-state index contributed by atoms with van der Waals surface area (Å²) < 4.78 is 2.06.